The summed E-state index contributed by atoms with van der Waals surface area (Å²) in [6.07, 6.45) is 3.13. The zero-order valence-corrected chi connectivity index (χ0v) is 14.5. The van der Waals surface area contributed by atoms with Gasteiger partial charge in [0.05, 0.1) is 16.6 Å². The van der Waals surface area contributed by atoms with Crippen LogP contribution in [0.1, 0.15) is 23.1 Å². The molecule has 5 nitrogen and oxygen atoms in total. The second-order valence-electron chi connectivity index (χ2n) is 7.96. The van der Waals surface area contributed by atoms with E-state index in [2.05, 4.69) is 21.4 Å². The van der Waals surface area contributed by atoms with E-state index in [0.29, 0.717) is 24.4 Å². The van der Waals surface area contributed by atoms with Gasteiger partial charge in [-0.1, -0.05) is 12.1 Å². The minimum Gasteiger partial charge on any atom is -0.396 e. The quantitative estimate of drug-likeness (QED) is 0.776. The normalized spacial score (nSPS) is 26.3. The van der Waals surface area contributed by atoms with Crippen LogP contribution < -0.4 is 4.90 Å². The molecule has 1 saturated heterocycles. The fourth-order valence-corrected chi connectivity index (χ4v) is 5.49. The van der Waals surface area contributed by atoms with E-state index in [1.165, 1.54) is 16.9 Å². The second kappa shape index (κ2) is 4.99. The molecule has 6 rings (SSSR count). The van der Waals surface area contributed by atoms with Crippen LogP contribution in [0.15, 0.2) is 24.3 Å². The Morgan fingerprint density at radius 1 is 1.15 bits per heavy atom. The van der Waals surface area contributed by atoms with Crippen LogP contribution in [0.4, 0.5) is 5.82 Å². The molecular formula is C21H20N4O. The van der Waals surface area contributed by atoms with Crippen molar-refractivity contribution in [3.8, 4) is 6.07 Å². The molecule has 1 saturated carbocycles. The number of para-hydroxylation sites is 2. The van der Waals surface area contributed by atoms with Crippen LogP contribution in [0.25, 0.3) is 16.7 Å². The molecule has 26 heavy (non-hydrogen) atoms. The van der Waals surface area contributed by atoms with Crippen LogP contribution in [0.5, 0.6) is 0 Å². The first-order chi connectivity index (χ1) is 12.8. The lowest BCUT2D eigenvalue weighted by atomic mass is 10.1. The molecule has 0 bridgehead atoms. The number of piperidine rings is 1. The summed E-state index contributed by atoms with van der Waals surface area (Å²) in [7, 11) is 0. The van der Waals surface area contributed by atoms with E-state index in [-0.39, 0.29) is 0 Å². The predicted octanol–water partition coefficient (Wildman–Crippen LogP) is 2.52. The number of aliphatic hydroxyl groups excluding tert-OH is 1. The molecule has 3 heterocycles. The van der Waals surface area contributed by atoms with E-state index in [1.54, 1.807) is 0 Å². The molecule has 1 unspecified atom stereocenters. The van der Waals surface area contributed by atoms with Crippen molar-refractivity contribution in [1.29, 1.82) is 5.26 Å². The van der Waals surface area contributed by atoms with Gasteiger partial charge in [-0.05, 0) is 60.3 Å². The lowest BCUT2D eigenvalue weighted by Crippen LogP contribution is -2.28. The van der Waals surface area contributed by atoms with Crippen molar-refractivity contribution < 1.29 is 5.11 Å². The smallest absolute Gasteiger partial charge is 0.157 e. The number of fused-ring (bicyclic) bond motifs is 5. The van der Waals surface area contributed by atoms with Crippen molar-refractivity contribution in [2.45, 2.75) is 19.3 Å². The molecule has 1 aliphatic heterocycles. The van der Waals surface area contributed by atoms with Crippen molar-refractivity contribution in [2.24, 2.45) is 17.8 Å². The summed E-state index contributed by atoms with van der Waals surface area (Å²) in [6.45, 7) is 2.34. The first-order valence-corrected chi connectivity index (χ1v) is 9.52. The number of nitrogens with zero attached hydrogens (tertiary/aromatic N) is 4. The van der Waals surface area contributed by atoms with Crippen molar-refractivity contribution >= 4 is 22.5 Å². The first-order valence-electron chi connectivity index (χ1n) is 9.52. The summed E-state index contributed by atoms with van der Waals surface area (Å²) in [5.74, 6) is 2.99. The Labute approximate surface area is 151 Å². The van der Waals surface area contributed by atoms with Gasteiger partial charge in [0.2, 0.25) is 0 Å². The van der Waals surface area contributed by atoms with Crippen molar-refractivity contribution in [1.82, 2.24) is 9.38 Å². The molecule has 3 aromatic rings. The summed E-state index contributed by atoms with van der Waals surface area (Å²) in [6, 6.07) is 10.6. The number of hydrogen-bond acceptors (Lipinski definition) is 4. The van der Waals surface area contributed by atoms with Crippen LogP contribution in [-0.2, 0) is 12.8 Å². The maximum Gasteiger partial charge on any atom is 0.157 e. The maximum absolute atomic E-state index is 9.85. The van der Waals surface area contributed by atoms with Gasteiger partial charge in [-0.2, -0.15) is 5.26 Å². The third kappa shape index (κ3) is 1.70. The van der Waals surface area contributed by atoms with Gasteiger partial charge in [-0.3, -0.25) is 4.40 Å². The zero-order valence-electron chi connectivity index (χ0n) is 14.5. The molecule has 5 heteroatoms. The van der Waals surface area contributed by atoms with Gasteiger partial charge in [0, 0.05) is 19.7 Å². The number of aliphatic hydroxyl groups is 1. The van der Waals surface area contributed by atoms with Gasteiger partial charge in [-0.15, -0.1) is 0 Å². The Morgan fingerprint density at radius 3 is 2.69 bits per heavy atom. The molecular weight excluding hydrogens is 324 g/mol. The lowest BCUT2D eigenvalue weighted by molar-refractivity contribution is 0.260. The van der Waals surface area contributed by atoms with E-state index in [9.17, 15) is 10.4 Å². The monoisotopic (exact) mass is 344 g/mol. The summed E-state index contributed by atoms with van der Waals surface area (Å²) in [5, 5.41) is 19.4. The highest BCUT2D eigenvalue weighted by Crippen LogP contribution is 2.53. The number of aromatic nitrogens is 2. The number of nitriles is 1. The fourth-order valence-electron chi connectivity index (χ4n) is 5.49. The fraction of sp³-hybridized carbons (Fsp3) is 0.429. The average Bonchev–Trinajstić information content (AvgIpc) is 3.12. The SMILES string of the molecule is N#Cc1c2c(c(N3C[C@@H]4C(CO)[C@@H]4C3)n3c1nc1ccccc13)CCC2. The molecule has 2 aliphatic carbocycles. The van der Waals surface area contributed by atoms with E-state index in [0.717, 1.165) is 54.6 Å². The number of benzene rings is 1. The lowest BCUT2D eigenvalue weighted by Gasteiger charge is -2.26. The van der Waals surface area contributed by atoms with Crippen LogP contribution in [0, 0.1) is 29.1 Å². The number of rotatable bonds is 2. The summed E-state index contributed by atoms with van der Waals surface area (Å²) < 4.78 is 2.23. The maximum atomic E-state index is 9.85. The molecule has 1 aromatic carbocycles. The number of hydrogen-bond donors (Lipinski definition) is 1. The highest BCUT2D eigenvalue weighted by atomic mass is 16.3. The highest BCUT2D eigenvalue weighted by Gasteiger charge is 2.55. The number of anilines is 1. The molecule has 130 valence electrons. The van der Waals surface area contributed by atoms with E-state index in [1.807, 2.05) is 18.2 Å². The van der Waals surface area contributed by atoms with Crippen LogP contribution in [0.3, 0.4) is 0 Å². The predicted molar refractivity (Wildman–Crippen MR) is 99.2 cm³/mol. The average molecular weight is 344 g/mol. The Kier molecular flexibility index (Phi) is 2.80. The topological polar surface area (TPSA) is 64.6 Å². The van der Waals surface area contributed by atoms with E-state index >= 15 is 0 Å². The summed E-state index contributed by atoms with van der Waals surface area (Å²) >= 11 is 0. The van der Waals surface area contributed by atoms with Crippen molar-refractivity contribution in [3.63, 3.8) is 0 Å². The molecule has 0 amide bonds. The zero-order chi connectivity index (χ0) is 17.4. The van der Waals surface area contributed by atoms with Gasteiger partial charge < -0.3 is 10.0 Å². The number of pyridine rings is 1. The van der Waals surface area contributed by atoms with Crippen molar-refractivity contribution in [2.75, 3.05) is 24.6 Å². The Balaban J connectivity index is 1.64. The van der Waals surface area contributed by atoms with Crippen LogP contribution in [-0.4, -0.2) is 34.2 Å². The highest BCUT2D eigenvalue weighted by molar-refractivity contribution is 5.86. The standard InChI is InChI=1S/C21H20N4O/c22-8-14-12-4-3-5-13(12)21(24-9-15-16(10-24)17(15)11-26)25-19-7-2-1-6-18(19)23-20(14)25/h1-2,6-7,15-17,26H,3-5,9-11H2/t15-,16+,17?. The largest absolute Gasteiger partial charge is 0.396 e. The molecule has 3 atom stereocenters. The van der Waals surface area contributed by atoms with E-state index in [4.69, 9.17) is 4.98 Å². The third-order valence-corrected chi connectivity index (χ3v) is 6.78. The Bertz CT molecular complexity index is 1100. The van der Waals surface area contributed by atoms with Gasteiger partial charge in [0.25, 0.3) is 0 Å². The van der Waals surface area contributed by atoms with Gasteiger partial charge in [0.1, 0.15) is 11.9 Å². The first kappa shape index (κ1) is 14.6. The molecule has 1 N–H and O–H groups in total. The molecule has 2 aromatic heterocycles. The number of imidazole rings is 1. The van der Waals surface area contributed by atoms with Gasteiger partial charge in [-0.25, -0.2) is 4.98 Å². The summed E-state index contributed by atoms with van der Waals surface area (Å²) in [4.78, 5) is 7.32. The van der Waals surface area contributed by atoms with Crippen LogP contribution >= 0.6 is 0 Å². The Morgan fingerprint density at radius 2 is 1.92 bits per heavy atom. The van der Waals surface area contributed by atoms with E-state index < -0.39 is 0 Å². The van der Waals surface area contributed by atoms with Gasteiger partial charge in [0.15, 0.2) is 5.65 Å². The summed E-state index contributed by atoms with van der Waals surface area (Å²) in [5.41, 5.74) is 6.16. The van der Waals surface area contributed by atoms with Crippen molar-refractivity contribution in [3.05, 3.63) is 41.0 Å². The molecule has 3 aliphatic rings. The van der Waals surface area contributed by atoms with Crippen LogP contribution in [0.2, 0.25) is 0 Å². The Hall–Kier alpha value is -2.58. The molecule has 2 fully saturated rings. The van der Waals surface area contributed by atoms with Gasteiger partial charge >= 0.3 is 0 Å². The third-order valence-electron chi connectivity index (χ3n) is 6.78. The molecule has 0 spiro atoms. The molecule has 0 radical (unpaired) electrons. The minimum absolute atomic E-state index is 0.318. The minimum atomic E-state index is 0.318. The second-order valence-corrected chi connectivity index (χ2v) is 7.96.